The Labute approximate surface area is 81.1 Å². The van der Waals surface area contributed by atoms with E-state index < -0.39 is 5.97 Å². The highest BCUT2D eigenvalue weighted by Gasteiger charge is 1.93. The molecule has 0 aromatic carbocycles. The number of nitrogens with zero attached hydrogens (tertiary/aromatic N) is 2. The van der Waals surface area contributed by atoms with Gasteiger partial charge in [0.15, 0.2) is 0 Å². The maximum absolute atomic E-state index is 10.7. The van der Waals surface area contributed by atoms with Gasteiger partial charge < -0.3 is 4.74 Å². The largest absolute Gasteiger partial charge is 0.459 e. The molecule has 0 N–H and O–H groups in total. The summed E-state index contributed by atoms with van der Waals surface area (Å²) < 4.78 is 4.33. The molecule has 4 nitrogen and oxygen atoms in total. The van der Waals surface area contributed by atoms with Crippen LogP contribution in [0.1, 0.15) is 11.1 Å². The summed E-state index contributed by atoms with van der Waals surface area (Å²) in [5, 5.41) is 8.56. The van der Waals surface area contributed by atoms with Crippen molar-refractivity contribution in [1.29, 1.82) is 5.26 Å². The molecule has 14 heavy (non-hydrogen) atoms. The molecule has 1 aromatic rings. The van der Waals surface area contributed by atoms with Gasteiger partial charge in [-0.1, -0.05) is 5.92 Å². The van der Waals surface area contributed by atoms with Gasteiger partial charge in [0, 0.05) is 23.9 Å². The van der Waals surface area contributed by atoms with E-state index in [2.05, 4.69) is 21.6 Å². The van der Waals surface area contributed by atoms with Crippen LogP contribution in [0.15, 0.2) is 18.5 Å². The molecule has 0 radical (unpaired) electrons. The van der Waals surface area contributed by atoms with Crippen LogP contribution in [0.3, 0.4) is 0 Å². The molecule has 0 bridgehead atoms. The molecule has 0 saturated carbocycles. The Kier molecular flexibility index (Phi) is 3.23. The number of hydrogen-bond acceptors (Lipinski definition) is 4. The molecule has 0 unspecified atom stereocenters. The third kappa shape index (κ3) is 2.62. The first-order valence-electron chi connectivity index (χ1n) is 3.71. The number of carbonyl (C=O) groups is 1. The van der Waals surface area contributed by atoms with E-state index in [4.69, 9.17) is 5.26 Å². The lowest BCUT2D eigenvalue weighted by Gasteiger charge is -1.89. The Morgan fingerprint density at radius 1 is 1.50 bits per heavy atom. The lowest BCUT2D eigenvalue weighted by atomic mass is 10.2. The fourth-order valence-corrected chi connectivity index (χ4v) is 0.744. The van der Waals surface area contributed by atoms with Gasteiger partial charge in [0.2, 0.25) is 0 Å². The minimum Gasteiger partial charge on any atom is -0.459 e. The van der Waals surface area contributed by atoms with Gasteiger partial charge in [0.05, 0.1) is 12.7 Å². The number of methoxy groups -OCH3 is 1. The van der Waals surface area contributed by atoms with E-state index in [1.807, 2.05) is 6.07 Å². The number of pyridine rings is 1. The van der Waals surface area contributed by atoms with E-state index in [9.17, 15) is 4.79 Å². The molecule has 0 saturated heterocycles. The van der Waals surface area contributed by atoms with Crippen molar-refractivity contribution < 1.29 is 9.53 Å². The van der Waals surface area contributed by atoms with Crippen LogP contribution in [-0.2, 0) is 9.53 Å². The molecule has 0 spiro atoms. The van der Waals surface area contributed by atoms with E-state index in [1.165, 1.54) is 19.5 Å². The maximum atomic E-state index is 10.7. The van der Waals surface area contributed by atoms with Crippen molar-refractivity contribution in [3.05, 3.63) is 29.6 Å². The first-order valence-corrected chi connectivity index (χ1v) is 3.71. The number of hydrogen-bond donors (Lipinski definition) is 0. The number of aromatic nitrogens is 1. The molecule has 4 heteroatoms. The molecule has 0 atom stereocenters. The first-order chi connectivity index (χ1) is 6.76. The average molecular weight is 186 g/mol. The second-order valence-electron chi connectivity index (χ2n) is 2.32. The van der Waals surface area contributed by atoms with Crippen molar-refractivity contribution in [3.8, 4) is 17.9 Å². The fraction of sp³-hybridized carbons (Fsp3) is 0.100. The van der Waals surface area contributed by atoms with Crippen molar-refractivity contribution >= 4 is 5.97 Å². The van der Waals surface area contributed by atoms with Crippen molar-refractivity contribution in [1.82, 2.24) is 4.98 Å². The van der Waals surface area contributed by atoms with E-state index in [-0.39, 0.29) is 0 Å². The van der Waals surface area contributed by atoms with E-state index in [0.717, 1.165) is 0 Å². The second kappa shape index (κ2) is 4.64. The summed E-state index contributed by atoms with van der Waals surface area (Å²) in [6.45, 7) is 0. The summed E-state index contributed by atoms with van der Waals surface area (Å²) in [5.74, 6) is 4.15. The Balaban J connectivity index is 2.91. The predicted molar refractivity (Wildman–Crippen MR) is 47.8 cm³/mol. The predicted octanol–water partition coefficient (Wildman–Crippen LogP) is 0.478. The minimum atomic E-state index is -0.618. The molecule has 0 fully saturated rings. The Hall–Kier alpha value is -2.33. The summed E-state index contributed by atoms with van der Waals surface area (Å²) in [4.78, 5) is 14.4. The molecule has 0 aliphatic heterocycles. The second-order valence-corrected chi connectivity index (χ2v) is 2.32. The van der Waals surface area contributed by atoms with Crippen molar-refractivity contribution in [2.75, 3.05) is 7.11 Å². The van der Waals surface area contributed by atoms with Gasteiger partial charge in [0.25, 0.3) is 0 Å². The van der Waals surface area contributed by atoms with Gasteiger partial charge >= 0.3 is 5.97 Å². The van der Waals surface area contributed by atoms with E-state index in [1.54, 1.807) is 6.07 Å². The molecule has 0 aliphatic rings. The third-order valence-corrected chi connectivity index (χ3v) is 1.36. The number of carbonyl (C=O) groups excluding carboxylic acids is 1. The summed E-state index contributed by atoms with van der Waals surface area (Å²) in [6.07, 6.45) is 2.89. The topological polar surface area (TPSA) is 63.0 Å². The molecular weight excluding hydrogens is 180 g/mol. The van der Waals surface area contributed by atoms with Gasteiger partial charge in [-0.25, -0.2) is 4.79 Å². The SMILES string of the molecule is COC(=O)C#Cc1cncc(C#N)c1. The Bertz CT molecular complexity index is 449. The quantitative estimate of drug-likeness (QED) is 0.436. The highest BCUT2D eigenvalue weighted by atomic mass is 16.5. The normalized spacial score (nSPS) is 8.00. The zero-order valence-corrected chi connectivity index (χ0v) is 7.44. The van der Waals surface area contributed by atoms with Crippen LogP contribution in [0.4, 0.5) is 0 Å². The van der Waals surface area contributed by atoms with Crippen LogP contribution >= 0.6 is 0 Å². The van der Waals surface area contributed by atoms with E-state index in [0.29, 0.717) is 11.1 Å². The zero-order chi connectivity index (χ0) is 10.4. The summed E-state index contributed by atoms with van der Waals surface area (Å²) in [6, 6.07) is 3.47. The lowest BCUT2D eigenvalue weighted by Crippen LogP contribution is -1.94. The first kappa shape index (κ1) is 9.76. The van der Waals surface area contributed by atoms with Crippen molar-refractivity contribution in [2.45, 2.75) is 0 Å². The molecular formula is C10H6N2O2. The minimum absolute atomic E-state index is 0.404. The number of rotatable bonds is 0. The van der Waals surface area contributed by atoms with Crippen LogP contribution in [0, 0.1) is 23.2 Å². The van der Waals surface area contributed by atoms with E-state index >= 15 is 0 Å². The number of ether oxygens (including phenoxy) is 1. The summed E-state index contributed by atoms with van der Waals surface area (Å²) >= 11 is 0. The molecule has 0 aliphatic carbocycles. The monoisotopic (exact) mass is 186 g/mol. The number of esters is 1. The molecule has 68 valence electrons. The van der Waals surface area contributed by atoms with Crippen molar-refractivity contribution in [2.24, 2.45) is 0 Å². The smallest absolute Gasteiger partial charge is 0.384 e. The fourth-order valence-electron chi connectivity index (χ4n) is 0.744. The van der Waals surface area contributed by atoms with Crippen LogP contribution in [0.5, 0.6) is 0 Å². The third-order valence-electron chi connectivity index (χ3n) is 1.36. The van der Waals surface area contributed by atoms with Gasteiger partial charge in [-0.2, -0.15) is 5.26 Å². The summed E-state index contributed by atoms with van der Waals surface area (Å²) in [5.41, 5.74) is 0.913. The molecule has 1 heterocycles. The van der Waals surface area contributed by atoms with Crippen LogP contribution in [-0.4, -0.2) is 18.1 Å². The van der Waals surface area contributed by atoms with Crippen LogP contribution in [0.25, 0.3) is 0 Å². The standard InChI is InChI=1S/C10H6N2O2/c1-14-10(13)3-2-8-4-9(5-11)7-12-6-8/h4,6-7H,1H3. The Morgan fingerprint density at radius 3 is 2.86 bits per heavy atom. The highest BCUT2D eigenvalue weighted by molar-refractivity contribution is 5.88. The lowest BCUT2D eigenvalue weighted by molar-refractivity contribution is -0.133. The summed E-state index contributed by atoms with van der Waals surface area (Å²) in [7, 11) is 1.25. The Morgan fingerprint density at radius 2 is 2.21 bits per heavy atom. The molecule has 0 amide bonds. The maximum Gasteiger partial charge on any atom is 0.384 e. The van der Waals surface area contributed by atoms with Gasteiger partial charge in [-0.3, -0.25) is 4.98 Å². The highest BCUT2D eigenvalue weighted by Crippen LogP contribution is 1.98. The van der Waals surface area contributed by atoms with Crippen LogP contribution in [0.2, 0.25) is 0 Å². The number of nitriles is 1. The van der Waals surface area contributed by atoms with Gasteiger partial charge in [-0.05, 0) is 6.07 Å². The molecule has 1 aromatic heterocycles. The van der Waals surface area contributed by atoms with Gasteiger partial charge in [0.1, 0.15) is 6.07 Å². The van der Waals surface area contributed by atoms with Gasteiger partial charge in [-0.15, -0.1) is 0 Å². The average Bonchev–Trinajstić information content (AvgIpc) is 2.26. The molecule has 1 rings (SSSR count). The zero-order valence-electron chi connectivity index (χ0n) is 7.44. The van der Waals surface area contributed by atoms with Crippen molar-refractivity contribution in [3.63, 3.8) is 0 Å². The van der Waals surface area contributed by atoms with Crippen LogP contribution < -0.4 is 0 Å².